The van der Waals surface area contributed by atoms with Crippen LogP contribution in [0.25, 0.3) is 0 Å². The third-order valence-electron chi connectivity index (χ3n) is 0.752. The van der Waals surface area contributed by atoms with E-state index in [2.05, 4.69) is 17.7 Å². The Hall–Kier alpha value is 0.520. The van der Waals surface area contributed by atoms with Gasteiger partial charge < -0.3 is 5.21 Å². The van der Waals surface area contributed by atoms with Crippen molar-refractivity contribution >= 4 is 24.2 Å². The predicted octanol–water partition coefficient (Wildman–Crippen LogP) is -2.34. The molecule has 0 N–H and O–H groups in total. The number of nitrogens with zero attached hydrogens (tertiary/aromatic N) is 2. The molecule has 1 aromatic rings. The summed E-state index contributed by atoms with van der Waals surface area (Å²) in [5.41, 5.74) is 0. The molecule has 3 nitrogen and oxygen atoms in total. The average Bonchev–Trinajstić information content (AvgIpc) is 1.80. The minimum Gasteiger partial charge on any atom is -0.593 e. The molecule has 0 saturated heterocycles. The minimum absolute atomic E-state index is 0. The van der Waals surface area contributed by atoms with Gasteiger partial charge in [0.2, 0.25) is 0 Å². The van der Waals surface area contributed by atoms with Crippen molar-refractivity contribution in [3.05, 3.63) is 22.5 Å². The van der Waals surface area contributed by atoms with E-state index in [1.54, 1.807) is 0 Å². The fraction of sp³-hybridized carbons (Fsp3) is 0. The maximum Gasteiger partial charge on any atom is 1.00 e. The van der Waals surface area contributed by atoms with Crippen LogP contribution in [0, 0.1) is 5.21 Å². The van der Waals surface area contributed by atoms with Crippen LogP contribution < -0.4 is 34.4 Å². The molecule has 0 aromatic carbocycles. The van der Waals surface area contributed by atoms with Gasteiger partial charge in [0.1, 0.15) is 0 Å². The Morgan fingerprint density at radius 1 is 1.60 bits per heavy atom. The van der Waals surface area contributed by atoms with E-state index in [1.165, 1.54) is 12.1 Å². The Bertz CT molecular complexity index is 234. The van der Waals surface area contributed by atoms with Crippen molar-refractivity contribution < 1.29 is 34.4 Å². The summed E-state index contributed by atoms with van der Waals surface area (Å²) in [6, 6.07) is 2.98. The largest absolute Gasteiger partial charge is 1.00 e. The van der Waals surface area contributed by atoms with Crippen molar-refractivity contribution in [1.29, 1.82) is 0 Å². The molecule has 0 aliphatic heterocycles. The van der Waals surface area contributed by atoms with Crippen LogP contribution in [-0.4, -0.2) is 5.10 Å². The van der Waals surface area contributed by atoms with Gasteiger partial charge in [-0.1, -0.05) is 24.2 Å². The molecule has 1 rings (SSSR count). The zero-order valence-electron chi connectivity index (χ0n) is 5.28. The molecule has 0 fully saturated rings. The van der Waals surface area contributed by atoms with Gasteiger partial charge >= 0.3 is 29.6 Å². The molecule has 0 saturated carbocycles. The number of thiol groups is 1. The second kappa shape index (κ2) is 4.41. The molecule has 0 atom stereocenters. The van der Waals surface area contributed by atoms with Crippen LogP contribution in [0.5, 0.6) is 0 Å². The van der Waals surface area contributed by atoms with Crippen molar-refractivity contribution in [2.24, 2.45) is 0 Å². The monoisotopic (exact) mass is 185 g/mol. The maximum absolute atomic E-state index is 10.5. The first kappa shape index (κ1) is 10.5. The molecule has 0 aliphatic carbocycles. The summed E-state index contributed by atoms with van der Waals surface area (Å²) < 4.78 is 0. The predicted molar refractivity (Wildman–Crippen MR) is 35.5 cm³/mol. The van der Waals surface area contributed by atoms with Crippen molar-refractivity contribution in [3.8, 4) is 0 Å². The molecule has 0 radical (unpaired) electrons. The van der Waals surface area contributed by atoms with Gasteiger partial charge in [-0.25, -0.2) is 0 Å². The number of halogens is 1. The van der Waals surface area contributed by atoms with E-state index in [-0.39, 0.29) is 39.7 Å². The zero-order valence-corrected chi connectivity index (χ0v) is 8.93. The molecule has 0 spiro atoms. The van der Waals surface area contributed by atoms with E-state index in [0.29, 0.717) is 4.85 Å². The second-order valence-electron chi connectivity index (χ2n) is 1.39. The Morgan fingerprint density at radius 2 is 2.20 bits per heavy atom. The molecule has 1 heterocycles. The summed E-state index contributed by atoms with van der Waals surface area (Å²) in [5.74, 6) is 0. The number of aromatic nitrogens is 2. The topological polar surface area (TPSA) is 39.8 Å². The smallest absolute Gasteiger partial charge is 0.593 e. The Morgan fingerprint density at radius 3 is 2.60 bits per heavy atom. The fourth-order valence-electron chi connectivity index (χ4n) is 0.378. The minimum atomic E-state index is 0. The normalized spacial score (nSPS) is 8.60. The molecule has 1 aromatic heterocycles. The van der Waals surface area contributed by atoms with Crippen LogP contribution >= 0.6 is 24.2 Å². The summed E-state index contributed by atoms with van der Waals surface area (Å²) in [7, 11) is 0. The van der Waals surface area contributed by atoms with Gasteiger partial charge in [0.25, 0.3) is 5.03 Å². The molecular formula is C4H3ClN2NaOS+. The van der Waals surface area contributed by atoms with Gasteiger partial charge in [-0.05, 0) is 10.9 Å². The SMILES string of the molecule is [Na+].[O-][n+]1nc(Cl)ccc1S. The Kier molecular flexibility index (Phi) is 4.64. The first-order valence-corrected chi connectivity index (χ1v) is 2.98. The summed E-state index contributed by atoms with van der Waals surface area (Å²) >= 11 is 9.13. The molecule has 0 aliphatic rings. The van der Waals surface area contributed by atoms with Crippen molar-refractivity contribution in [2.45, 2.75) is 5.03 Å². The summed E-state index contributed by atoms with van der Waals surface area (Å²) in [6.07, 6.45) is 0. The molecule has 0 amide bonds. The summed E-state index contributed by atoms with van der Waals surface area (Å²) in [5, 5.41) is 14.2. The number of hydrogen-bond donors (Lipinski definition) is 1. The van der Waals surface area contributed by atoms with Gasteiger partial charge in [0.15, 0.2) is 5.15 Å². The van der Waals surface area contributed by atoms with Gasteiger partial charge in [-0.2, -0.15) is 0 Å². The van der Waals surface area contributed by atoms with Gasteiger partial charge in [-0.15, -0.1) is 0 Å². The first-order valence-electron chi connectivity index (χ1n) is 2.15. The molecule has 0 unspecified atom stereocenters. The van der Waals surface area contributed by atoms with E-state index in [0.717, 1.165) is 0 Å². The van der Waals surface area contributed by atoms with Crippen LogP contribution in [0.15, 0.2) is 17.2 Å². The van der Waals surface area contributed by atoms with Crippen LogP contribution in [0.4, 0.5) is 0 Å². The maximum atomic E-state index is 10.5. The van der Waals surface area contributed by atoms with Crippen molar-refractivity contribution in [3.63, 3.8) is 0 Å². The number of hydrogen-bond acceptors (Lipinski definition) is 3. The van der Waals surface area contributed by atoms with Crippen LogP contribution in [-0.2, 0) is 0 Å². The van der Waals surface area contributed by atoms with Gasteiger partial charge in [0.05, 0.1) is 0 Å². The van der Waals surface area contributed by atoms with Crippen molar-refractivity contribution in [1.82, 2.24) is 5.10 Å². The average molecular weight is 186 g/mol. The fourth-order valence-corrected chi connectivity index (χ4v) is 0.629. The van der Waals surface area contributed by atoms with Crippen LogP contribution in [0.2, 0.25) is 5.15 Å². The van der Waals surface area contributed by atoms with E-state index in [9.17, 15) is 5.21 Å². The van der Waals surface area contributed by atoms with E-state index >= 15 is 0 Å². The Labute approximate surface area is 90.7 Å². The molecule has 6 heteroatoms. The number of rotatable bonds is 0. The third kappa shape index (κ3) is 2.64. The zero-order chi connectivity index (χ0) is 6.85. The molecule has 10 heavy (non-hydrogen) atoms. The summed E-state index contributed by atoms with van der Waals surface area (Å²) in [4.78, 5) is 0.353. The Balaban J connectivity index is 0.000000810. The first-order chi connectivity index (χ1) is 4.20. The van der Waals surface area contributed by atoms with Gasteiger partial charge in [0, 0.05) is 11.2 Å². The van der Waals surface area contributed by atoms with E-state index < -0.39 is 0 Å². The third-order valence-corrected chi connectivity index (χ3v) is 1.27. The van der Waals surface area contributed by atoms with E-state index in [4.69, 9.17) is 11.6 Å². The summed E-state index contributed by atoms with van der Waals surface area (Å²) in [6.45, 7) is 0. The molecule has 0 bridgehead atoms. The quantitative estimate of drug-likeness (QED) is 0.213. The van der Waals surface area contributed by atoms with Gasteiger partial charge in [-0.3, -0.25) is 0 Å². The van der Waals surface area contributed by atoms with Crippen molar-refractivity contribution in [2.75, 3.05) is 0 Å². The second-order valence-corrected chi connectivity index (χ2v) is 2.23. The molecular weight excluding hydrogens is 183 g/mol. The molecule has 48 valence electrons. The van der Waals surface area contributed by atoms with Crippen LogP contribution in [0.1, 0.15) is 0 Å². The van der Waals surface area contributed by atoms with Crippen LogP contribution in [0.3, 0.4) is 0 Å². The standard InChI is InChI=1S/C4H3ClN2OS.Na/c5-3-1-2-4(9)7(8)6-3;/h1-2,9H;/q;+1. The van der Waals surface area contributed by atoms with E-state index in [1.807, 2.05) is 0 Å².